The predicted molar refractivity (Wildman–Crippen MR) is 144 cm³/mol. The summed E-state index contributed by atoms with van der Waals surface area (Å²) in [5.74, 6) is 0.0281. The topological polar surface area (TPSA) is 74.0 Å². The lowest BCUT2D eigenvalue weighted by Gasteiger charge is -2.26. The zero-order valence-corrected chi connectivity index (χ0v) is 21.6. The van der Waals surface area contributed by atoms with Crippen molar-refractivity contribution in [2.45, 2.75) is 38.6 Å². The van der Waals surface area contributed by atoms with Gasteiger partial charge in [-0.1, -0.05) is 65.7 Å². The molecule has 37 heavy (non-hydrogen) atoms. The highest BCUT2D eigenvalue weighted by atomic mass is 35.5. The fraction of sp³-hybridized carbons (Fsp3) is 0.207. The van der Waals surface area contributed by atoms with Crippen LogP contribution in [-0.2, 0) is 37.4 Å². The van der Waals surface area contributed by atoms with E-state index in [1.807, 2.05) is 53.6 Å². The summed E-state index contributed by atoms with van der Waals surface area (Å²) in [5.41, 5.74) is 5.83. The van der Waals surface area contributed by atoms with Gasteiger partial charge in [0.2, 0.25) is 5.91 Å². The smallest absolute Gasteiger partial charge is 0.240 e. The average molecular weight is 530 g/mol. The van der Waals surface area contributed by atoms with Crippen molar-refractivity contribution in [2.24, 2.45) is 0 Å². The Labute approximate surface area is 226 Å². The fourth-order valence-electron chi connectivity index (χ4n) is 4.62. The molecular weight excluding hydrogens is 505 g/mol. The molecule has 1 aromatic heterocycles. The molecule has 0 fully saturated rings. The van der Waals surface area contributed by atoms with E-state index >= 15 is 0 Å². The zero-order chi connectivity index (χ0) is 25.8. The van der Waals surface area contributed by atoms with Crippen LogP contribution in [0.25, 0.3) is 0 Å². The standard InChI is InChI=1S/C29H25Cl2N5O/c30-25-10-9-24(27(31)12-25)18-35-17-23-4-2-1-3-22(23)11-28(29(35)37)34-15-26-14-33-19-36(26)16-21-7-5-20(13-32)6-8-21/h1-10,12,14,19,28,34H,11,15-18H2. The predicted octanol–water partition coefficient (Wildman–Crippen LogP) is 5.35. The third-order valence-electron chi connectivity index (χ3n) is 6.65. The molecule has 0 spiro atoms. The van der Waals surface area contributed by atoms with E-state index in [0.717, 1.165) is 27.9 Å². The number of fused-ring (bicyclic) bond motifs is 1. The maximum Gasteiger partial charge on any atom is 0.240 e. The summed E-state index contributed by atoms with van der Waals surface area (Å²) in [4.78, 5) is 19.9. The molecule has 2 heterocycles. The van der Waals surface area contributed by atoms with E-state index in [-0.39, 0.29) is 5.91 Å². The Balaban J connectivity index is 1.34. The van der Waals surface area contributed by atoms with Crippen LogP contribution in [0.5, 0.6) is 0 Å². The fourth-order valence-corrected chi connectivity index (χ4v) is 5.09. The van der Waals surface area contributed by atoms with Crippen LogP contribution in [0.2, 0.25) is 10.0 Å². The minimum Gasteiger partial charge on any atom is -0.333 e. The highest BCUT2D eigenvalue weighted by Gasteiger charge is 2.30. The number of carbonyl (C=O) groups is 1. The summed E-state index contributed by atoms with van der Waals surface area (Å²) in [6.45, 7) is 2.04. The Bertz CT molecular complexity index is 1460. The van der Waals surface area contributed by atoms with Crippen molar-refractivity contribution in [3.63, 3.8) is 0 Å². The number of nitriles is 1. The Morgan fingerprint density at radius 2 is 1.81 bits per heavy atom. The maximum atomic E-state index is 13.7. The number of hydrogen-bond donors (Lipinski definition) is 1. The van der Waals surface area contributed by atoms with Crippen molar-refractivity contribution in [3.05, 3.63) is 123 Å². The van der Waals surface area contributed by atoms with Gasteiger partial charge in [-0.2, -0.15) is 5.26 Å². The molecule has 0 aliphatic carbocycles. The largest absolute Gasteiger partial charge is 0.333 e. The van der Waals surface area contributed by atoms with Crippen molar-refractivity contribution in [1.29, 1.82) is 5.26 Å². The molecule has 5 rings (SSSR count). The second-order valence-electron chi connectivity index (χ2n) is 9.16. The molecule has 1 unspecified atom stereocenters. The molecule has 1 N–H and O–H groups in total. The number of benzene rings is 3. The van der Waals surface area contributed by atoms with Crippen molar-refractivity contribution in [3.8, 4) is 6.07 Å². The molecule has 0 saturated carbocycles. The van der Waals surface area contributed by atoms with Crippen LogP contribution in [0.3, 0.4) is 0 Å². The number of rotatable bonds is 7. The van der Waals surface area contributed by atoms with E-state index in [4.69, 9.17) is 28.5 Å². The van der Waals surface area contributed by atoms with E-state index in [1.54, 1.807) is 18.5 Å². The molecule has 0 saturated heterocycles. The zero-order valence-electron chi connectivity index (χ0n) is 20.1. The van der Waals surface area contributed by atoms with Gasteiger partial charge >= 0.3 is 0 Å². The molecule has 0 radical (unpaired) electrons. The summed E-state index contributed by atoms with van der Waals surface area (Å²) in [5, 5.41) is 13.6. The Kier molecular flexibility index (Phi) is 7.57. The second-order valence-corrected chi connectivity index (χ2v) is 10.0. The number of nitrogens with zero attached hydrogens (tertiary/aromatic N) is 4. The van der Waals surface area contributed by atoms with Gasteiger partial charge < -0.3 is 9.47 Å². The van der Waals surface area contributed by atoms with Crippen LogP contribution < -0.4 is 5.32 Å². The van der Waals surface area contributed by atoms with Gasteiger partial charge in [0, 0.05) is 42.4 Å². The van der Waals surface area contributed by atoms with Crippen molar-refractivity contribution < 1.29 is 4.79 Å². The first-order valence-corrected chi connectivity index (χ1v) is 12.8. The summed E-state index contributed by atoms with van der Waals surface area (Å²) in [7, 11) is 0. The number of aromatic nitrogens is 2. The lowest BCUT2D eigenvalue weighted by Crippen LogP contribution is -2.45. The van der Waals surface area contributed by atoms with Crippen molar-refractivity contribution >= 4 is 29.1 Å². The van der Waals surface area contributed by atoms with Crippen molar-refractivity contribution in [2.75, 3.05) is 0 Å². The van der Waals surface area contributed by atoms with E-state index < -0.39 is 6.04 Å². The van der Waals surface area contributed by atoms with E-state index in [9.17, 15) is 4.79 Å². The van der Waals surface area contributed by atoms with E-state index in [0.29, 0.717) is 48.2 Å². The number of halogens is 2. The summed E-state index contributed by atoms with van der Waals surface area (Å²) in [6, 6.07) is 22.8. The normalized spacial score (nSPS) is 15.2. The number of imidazole rings is 1. The summed E-state index contributed by atoms with van der Waals surface area (Å²) in [6.07, 6.45) is 4.20. The van der Waals surface area contributed by atoms with Crippen LogP contribution in [0.1, 0.15) is 33.5 Å². The van der Waals surface area contributed by atoms with E-state index in [2.05, 4.69) is 33.1 Å². The number of hydrogen-bond acceptors (Lipinski definition) is 4. The molecular formula is C29H25Cl2N5O. The lowest BCUT2D eigenvalue weighted by atomic mass is 10.0. The Morgan fingerprint density at radius 3 is 2.57 bits per heavy atom. The minimum atomic E-state index is -0.395. The van der Waals surface area contributed by atoms with Crippen LogP contribution in [0.15, 0.2) is 79.3 Å². The molecule has 1 amide bonds. The van der Waals surface area contributed by atoms with Crippen LogP contribution >= 0.6 is 23.2 Å². The maximum absolute atomic E-state index is 13.7. The third-order valence-corrected chi connectivity index (χ3v) is 7.24. The summed E-state index contributed by atoms with van der Waals surface area (Å²) < 4.78 is 2.05. The highest BCUT2D eigenvalue weighted by molar-refractivity contribution is 6.35. The first kappa shape index (κ1) is 25.0. The number of carbonyl (C=O) groups excluding carboxylic acids is 1. The Morgan fingerprint density at radius 1 is 1.03 bits per heavy atom. The number of nitrogens with one attached hydrogen (secondary N) is 1. The average Bonchev–Trinajstić information content (AvgIpc) is 3.29. The minimum absolute atomic E-state index is 0.0281. The van der Waals surface area contributed by atoms with Gasteiger partial charge in [-0.05, 0) is 52.9 Å². The van der Waals surface area contributed by atoms with E-state index in [1.165, 1.54) is 0 Å². The van der Waals surface area contributed by atoms with Gasteiger partial charge in [0.25, 0.3) is 0 Å². The molecule has 0 bridgehead atoms. The molecule has 6 nitrogen and oxygen atoms in total. The monoisotopic (exact) mass is 529 g/mol. The number of amides is 1. The van der Waals surface area contributed by atoms with Gasteiger partial charge in [0.15, 0.2) is 0 Å². The third kappa shape index (κ3) is 5.86. The second kappa shape index (κ2) is 11.2. The molecule has 1 atom stereocenters. The van der Waals surface area contributed by atoms with Gasteiger partial charge in [-0.25, -0.2) is 4.98 Å². The van der Waals surface area contributed by atoms with Gasteiger partial charge in [0.1, 0.15) is 0 Å². The van der Waals surface area contributed by atoms with Crippen LogP contribution in [0.4, 0.5) is 0 Å². The summed E-state index contributed by atoms with van der Waals surface area (Å²) >= 11 is 12.5. The molecule has 4 aromatic rings. The lowest BCUT2D eigenvalue weighted by molar-refractivity contribution is -0.134. The van der Waals surface area contributed by atoms with Gasteiger partial charge in [0.05, 0.1) is 29.7 Å². The van der Waals surface area contributed by atoms with Crippen LogP contribution in [-0.4, -0.2) is 26.4 Å². The van der Waals surface area contributed by atoms with Gasteiger partial charge in [-0.3, -0.25) is 10.1 Å². The molecule has 186 valence electrons. The first-order chi connectivity index (χ1) is 18.0. The van der Waals surface area contributed by atoms with Crippen molar-refractivity contribution in [1.82, 2.24) is 19.8 Å². The molecule has 3 aromatic carbocycles. The molecule has 8 heteroatoms. The highest BCUT2D eigenvalue weighted by Crippen LogP contribution is 2.26. The quantitative estimate of drug-likeness (QED) is 0.350. The van der Waals surface area contributed by atoms with Gasteiger partial charge in [-0.15, -0.1) is 0 Å². The Hall–Kier alpha value is -3.63. The molecule has 1 aliphatic rings. The first-order valence-electron chi connectivity index (χ1n) is 12.0. The SMILES string of the molecule is N#Cc1ccc(Cn2cncc2CNC2Cc3ccccc3CN(Cc3ccc(Cl)cc3Cl)C2=O)cc1. The van der Waals surface area contributed by atoms with Crippen LogP contribution in [0, 0.1) is 11.3 Å². The molecule has 1 aliphatic heterocycles.